The van der Waals surface area contributed by atoms with E-state index in [0.29, 0.717) is 16.9 Å². The molecule has 1 aliphatic heterocycles. The zero-order chi connectivity index (χ0) is 22.7. The van der Waals surface area contributed by atoms with Gasteiger partial charge in [-0.25, -0.2) is 0 Å². The number of ether oxygens (including phenoxy) is 1. The zero-order valence-corrected chi connectivity index (χ0v) is 17.5. The number of amides is 2. The fourth-order valence-corrected chi connectivity index (χ4v) is 3.35. The van der Waals surface area contributed by atoms with E-state index >= 15 is 0 Å². The summed E-state index contributed by atoms with van der Waals surface area (Å²) in [6, 6.07) is 9.94. The van der Waals surface area contributed by atoms with E-state index in [-0.39, 0.29) is 24.6 Å². The second-order valence-corrected chi connectivity index (χ2v) is 7.59. The second kappa shape index (κ2) is 8.95. The molecule has 2 amide bonds. The SMILES string of the molecule is Cc1ccc(NC(=O)COC(=O)[C@@H]2CC(=O)N(c3ccc(C)c([N+](=O)[O-])c3)C2)cc1C. The summed E-state index contributed by atoms with van der Waals surface area (Å²) in [6.45, 7) is 5.07. The molecule has 0 aromatic heterocycles. The highest BCUT2D eigenvalue weighted by molar-refractivity contribution is 6.00. The molecule has 1 heterocycles. The number of nitrogens with one attached hydrogen (secondary N) is 1. The Balaban J connectivity index is 1.57. The molecule has 1 saturated heterocycles. The zero-order valence-electron chi connectivity index (χ0n) is 17.5. The molecule has 0 aliphatic carbocycles. The molecule has 0 bridgehead atoms. The number of anilines is 2. The van der Waals surface area contributed by atoms with Gasteiger partial charge in [-0.2, -0.15) is 0 Å². The van der Waals surface area contributed by atoms with Gasteiger partial charge in [-0.05, 0) is 50.1 Å². The van der Waals surface area contributed by atoms with Gasteiger partial charge >= 0.3 is 5.97 Å². The van der Waals surface area contributed by atoms with Gasteiger partial charge in [0.25, 0.3) is 11.6 Å². The molecule has 1 aliphatic rings. The fourth-order valence-electron chi connectivity index (χ4n) is 3.35. The largest absolute Gasteiger partial charge is 0.455 e. The van der Waals surface area contributed by atoms with E-state index in [1.54, 1.807) is 25.1 Å². The number of rotatable bonds is 6. The lowest BCUT2D eigenvalue weighted by molar-refractivity contribution is -0.385. The molecule has 0 unspecified atom stereocenters. The molecule has 2 aromatic rings. The molecule has 0 saturated carbocycles. The first-order valence-corrected chi connectivity index (χ1v) is 9.75. The monoisotopic (exact) mass is 425 g/mol. The summed E-state index contributed by atoms with van der Waals surface area (Å²) in [5.41, 5.74) is 3.46. The normalized spacial score (nSPS) is 15.6. The number of carbonyl (C=O) groups is 3. The molecule has 3 rings (SSSR count). The Kier molecular flexibility index (Phi) is 6.33. The van der Waals surface area contributed by atoms with E-state index in [1.165, 1.54) is 11.0 Å². The highest BCUT2D eigenvalue weighted by Gasteiger charge is 2.37. The molecular weight excluding hydrogens is 402 g/mol. The molecule has 1 fully saturated rings. The minimum absolute atomic E-state index is 0.0384. The number of nitrogens with zero attached hydrogens (tertiary/aromatic N) is 2. The lowest BCUT2D eigenvalue weighted by atomic mass is 10.1. The summed E-state index contributed by atoms with van der Waals surface area (Å²) >= 11 is 0. The van der Waals surface area contributed by atoms with Gasteiger partial charge in [-0.15, -0.1) is 0 Å². The van der Waals surface area contributed by atoms with Gasteiger partial charge < -0.3 is 15.0 Å². The highest BCUT2D eigenvalue weighted by Crippen LogP contribution is 2.30. The first kappa shape index (κ1) is 21.9. The maximum atomic E-state index is 12.4. The third-order valence-corrected chi connectivity index (χ3v) is 5.30. The smallest absolute Gasteiger partial charge is 0.311 e. The molecular formula is C22H23N3O6. The number of esters is 1. The molecule has 1 N–H and O–H groups in total. The van der Waals surface area contributed by atoms with Crippen molar-refractivity contribution >= 4 is 34.8 Å². The van der Waals surface area contributed by atoms with Crippen LogP contribution in [0.5, 0.6) is 0 Å². The van der Waals surface area contributed by atoms with Crippen LogP contribution < -0.4 is 10.2 Å². The van der Waals surface area contributed by atoms with E-state index in [0.717, 1.165) is 11.1 Å². The summed E-state index contributed by atoms with van der Waals surface area (Å²) < 4.78 is 5.09. The second-order valence-electron chi connectivity index (χ2n) is 7.59. The lowest BCUT2D eigenvalue weighted by Gasteiger charge is -2.16. The van der Waals surface area contributed by atoms with E-state index in [1.807, 2.05) is 26.0 Å². The number of nitro benzene ring substituents is 1. The minimum Gasteiger partial charge on any atom is -0.455 e. The molecule has 31 heavy (non-hydrogen) atoms. The molecule has 0 radical (unpaired) electrons. The number of hydrogen-bond donors (Lipinski definition) is 1. The van der Waals surface area contributed by atoms with Crippen molar-refractivity contribution in [2.24, 2.45) is 5.92 Å². The van der Waals surface area contributed by atoms with Crippen LogP contribution in [0.3, 0.4) is 0 Å². The molecule has 0 spiro atoms. The van der Waals surface area contributed by atoms with Gasteiger partial charge in [0.1, 0.15) is 0 Å². The summed E-state index contributed by atoms with van der Waals surface area (Å²) in [6.07, 6.45) is -0.0840. The van der Waals surface area contributed by atoms with Crippen molar-refractivity contribution < 1.29 is 24.0 Å². The van der Waals surface area contributed by atoms with Gasteiger partial charge in [0.15, 0.2) is 6.61 Å². The van der Waals surface area contributed by atoms with Crippen LogP contribution in [0.2, 0.25) is 0 Å². The third kappa shape index (κ3) is 5.06. The van der Waals surface area contributed by atoms with Crippen molar-refractivity contribution in [1.29, 1.82) is 0 Å². The number of nitro groups is 1. The standard InChI is InChI=1S/C22H23N3O6/c1-13-4-6-17(8-15(13)3)23-20(26)12-31-22(28)16-9-21(27)24(11-16)18-7-5-14(2)19(10-18)25(29)30/h4-8,10,16H,9,11-12H2,1-3H3,(H,23,26)/t16-/m1/s1. The minimum atomic E-state index is -0.748. The first-order chi connectivity index (χ1) is 14.7. The maximum Gasteiger partial charge on any atom is 0.311 e. The van der Waals surface area contributed by atoms with Gasteiger partial charge in [0, 0.05) is 30.3 Å². The van der Waals surface area contributed by atoms with E-state index in [2.05, 4.69) is 5.32 Å². The highest BCUT2D eigenvalue weighted by atomic mass is 16.6. The van der Waals surface area contributed by atoms with Crippen LogP contribution in [0.1, 0.15) is 23.1 Å². The Hall–Kier alpha value is -3.75. The average Bonchev–Trinajstić information content (AvgIpc) is 3.11. The number of carbonyl (C=O) groups excluding carboxylic acids is 3. The predicted molar refractivity (Wildman–Crippen MR) is 114 cm³/mol. The van der Waals surface area contributed by atoms with Crippen molar-refractivity contribution in [2.75, 3.05) is 23.4 Å². The maximum absolute atomic E-state index is 12.4. The number of benzene rings is 2. The van der Waals surface area contributed by atoms with Gasteiger partial charge in [0.2, 0.25) is 5.91 Å². The first-order valence-electron chi connectivity index (χ1n) is 9.75. The number of hydrogen-bond acceptors (Lipinski definition) is 6. The molecule has 2 aromatic carbocycles. The average molecular weight is 425 g/mol. The van der Waals surface area contributed by atoms with Crippen LogP contribution in [0.25, 0.3) is 0 Å². The lowest BCUT2D eigenvalue weighted by Crippen LogP contribution is -2.28. The molecule has 9 heteroatoms. The van der Waals surface area contributed by atoms with Crippen LogP contribution in [0, 0.1) is 36.8 Å². The molecule has 162 valence electrons. The Bertz CT molecular complexity index is 1070. The number of aryl methyl sites for hydroxylation is 3. The van der Waals surface area contributed by atoms with E-state index in [9.17, 15) is 24.5 Å². The van der Waals surface area contributed by atoms with Crippen molar-refractivity contribution in [2.45, 2.75) is 27.2 Å². The molecule has 1 atom stereocenters. The fraction of sp³-hybridized carbons (Fsp3) is 0.318. The van der Waals surface area contributed by atoms with Crippen LogP contribution in [-0.4, -0.2) is 35.9 Å². The van der Waals surface area contributed by atoms with Crippen molar-refractivity contribution in [1.82, 2.24) is 0 Å². The van der Waals surface area contributed by atoms with Gasteiger partial charge in [-0.1, -0.05) is 12.1 Å². The predicted octanol–water partition coefficient (Wildman–Crippen LogP) is 3.05. The van der Waals surface area contributed by atoms with E-state index < -0.39 is 29.3 Å². The van der Waals surface area contributed by atoms with Crippen LogP contribution >= 0.6 is 0 Å². The molecule has 9 nitrogen and oxygen atoms in total. The summed E-state index contributed by atoms with van der Waals surface area (Å²) in [7, 11) is 0. The van der Waals surface area contributed by atoms with Gasteiger partial charge in [0.05, 0.1) is 16.5 Å². The van der Waals surface area contributed by atoms with Crippen molar-refractivity contribution in [3.05, 3.63) is 63.2 Å². The third-order valence-electron chi connectivity index (χ3n) is 5.30. The quantitative estimate of drug-likeness (QED) is 0.432. The van der Waals surface area contributed by atoms with Crippen molar-refractivity contribution in [3.63, 3.8) is 0 Å². The summed E-state index contributed by atoms with van der Waals surface area (Å²) in [4.78, 5) is 48.8. The van der Waals surface area contributed by atoms with Crippen LogP contribution in [0.15, 0.2) is 36.4 Å². The summed E-state index contributed by atoms with van der Waals surface area (Å²) in [5, 5.41) is 13.8. The Morgan fingerprint density at radius 2 is 1.84 bits per heavy atom. The van der Waals surface area contributed by atoms with Crippen LogP contribution in [0.4, 0.5) is 17.1 Å². The van der Waals surface area contributed by atoms with E-state index in [4.69, 9.17) is 4.74 Å². The Morgan fingerprint density at radius 1 is 1.13 bits per heavy atom. The van der Waals surface area contributed by atoms with Crippen LogP contribution in [-0.2, 0) is 19.1 Å². The Morgan fingerprint density at radius 3 is 2.52 bits per heavy atom. The van der Waals surface area contributed by atoms with Gasteiger partial charge in [-0.3, -0.25) is 24.5 Å². The topological polar surface area (TPSA) is 119 Å². The van der Waals surface area contributed by atoms with Crippen molar-refractivity contribution in [3.8, 4) is 0 Å². The summed E-state index contributed by atoms with van der Waals surface area (Å²) in [5.74, 6) is -2.22. The Labute approximate surface area is 179 Å².